The molecule has 9 nitrogen and oxygen atoms in total. The van der Waals surface area contributed by atoms with Crippen molar-refractivity contribution in [2.75, 3.05) is 26.3 Å². The van der Waals surface area contributed by atoms with Gasteiger partial charge in [-0.15, -0.1) is 0 Å². The van der Waals surface area contributed by atoms with E-state index in [9.17, 15) is 25.5 Å². The lowest BCUT2D eigenvalue weighted by Crippen LogP contribution is -2.62. The van der Waals surface area contributed by atoms with E-state index in [1.807, 2.05) is 0 Å². The number of hydrogen-bond acceptors (Lipinski definition) is 9. The van der Waals surface area contributed by atoms with Gasteiger partial charge in [0.1, 0.15) is 24.4 Å². The minimum atomic E-state index is -1.53. The topological polar surface area (TPSA) is 152 Å². The summed E-state index contributed by atoms with van der Waals surface area (Å²) in [4.78, 5) is 0. The van der Waals surface area contributed by atoms with Gasteiger partial charge in [-0.3, -0.25) is 0 Å². The van der Waals surface area contributed by atoms with E-state index in [0.717, 1.165) is 0 Å². The number of nitrogens with one attached hydrogen (secondary N) is 1. The fourth-order valence-electron chi connectivity index (χ4n) is 2.67. The SMILES string of the molecule is OC[C@H]1CNC[C@@H](O)[C@@H]1O[C@@H]1O[C@H](CO)[C@@H](O)[C@H](O)[C@@H]1O. The second kappa shape index (κ2) is 7.27. The van der Waals surface area contributed by atoms with Crippen LogP contribution in [0.3, 0.4) is 0 Å². The number of piperidine rings is 1. The molecule has 124 valence electrons. The van der Waals surface area contributed by atoms with Gasteiger partial charge in [0.15, 0.2) is 6.29 Å². The second-order valence-corrected chi connectivity index (χ2v) is 5.47. The highest BCUT2D eigenvalue weighted by Crippen LogP contribution is 2.26. The van der Waals surface area contributed by atoms with Crippen LogP contribution < -0.4 is 5.32 Å². The van der Waals surface area contributed by atoms with Gasteiger partial charge in [-0.25, -0.2) is 0 Å². The summed E-state index contributed by atoms with van der Waals surface area (Å²) < 4.78 is 10.7. The Morgan fingerprint density at radius 2 is 1.67 bits per heavy atom. The lowest BCUT2D eigenvalue weighted by Gasteiger charge is -2.43. The summed E-state index contributed by atoms with van der Waals surface area (Å²) in [6, 6.07) is 0. The third-order valence-corrected chi connectivity index (χ3v) is 3.98. The summed E-state index contributed by atoms with van der Waals surface area (Å²) >= 11 is 0. The Morgan fingerprint density at radius 1 is 0.952 bits per heavy atom. The molecular formula is C12H23NO8. The Kier molecular flexibility index (Phi) is 5.88. The van der Waals surface area contributed by atoms with Gasteiger partial charge >= 0.3 is 0 Å². The van der Waals surface area contributed by atoms with Crippen LogP contribution in [-0.4, -0.2) is 99.9 Å². The Labute approximate surface area is 121 Å². The minimum absolute atomic E-state index is 0.230. The highest BCUT2D eigenvalue weighted by Gasteiger charge is 2.46. The van der Waals surface area contributed by atoms with Crippen molar-refractivity contribution < 1.29 is 40.1 Å². The molecule has 2 aliphatic heterocycles. The maximum Gasteiger partial charge on any atom is 0.187 e. The molecule has 0 aliphatic carbocycles. The molecule has 0 unspecified atom stereocenters. The molecule has 0 saturated carbocycles. The van der Waals surface area contributed by atoms with E-state index in [4.69, 9.17) is 14.6 Å². The Morgan fingerprint density at radius 3 is 2.29 bits per heavy atom. The van der Waals surface area contributed by atoms with Crippen molar-refractivity contribution in [3.8, 4) is 0 Å². The number of hydrogen-bond donors (Lipinski definition) is 7. The van der Waals surface area contributed by atoms with Crippen LogP contribution in [0, 0.1) is 5.92 Å². The van der Waals surface area contributed by atoms with Crippen molar-refractivity contribution in [1.29, 1.82) is 0 Å². The Balaban J connectivity index is 2.05. The van der Waals surface area contributed by atoms with Crippen LogP contribution in [0.25, 0.3) is 0 Å². The molecular weight excluding hydrogens is 286 g/mol. The first-order valence-electron chi connectivity index (χ1n) is 6.95. The Hall–Kier alpha value is -0.360. The van der Waals surface area contributed by atoms with E-state index in [-0.39, 0.29) is 13.2 Å². The van der Waals surface area contributed by atoms with Gasteiger partial charge in [0, 0.05) is 25.6 Å². The molecule has 0 aromatic rings. The zero-order valence-electron chi connectivity index (χ0n) is 11.4. The van der Waals surface area contributed by atoms with E-state index < -0.39 is 55.4 Å². The molecule has 0 radical (unpaired) electrons. The van der Waals surface area contributed by atoms with Crippen molar-refractivity contribution in [3.63, 3.8) is 0 Å². The van der Waals surface area contributed by atoms with Crippen molar-refractivity contribution in [2.45, 2.75) is 42.9 Å². The van der Waals surface area contributed by atoms with Crippen LogP contribution in [0.1, 0.15) is 0 Å². The quantitative estimate of drug-likeness (QED) is 0.274. The van der Waals surface area contributed by atoms with Gasteiger partial charge in [-0.05, 0) is 0 Å². The predicted octanol–water partition coefficient (Wildman–Crippen LogP) is -4.26. The Bertz CT molecular complexity index is 330. The van der Waals surface area contributed by atoms with Gasteiger partial charge in [0.05, 0.1) is 18.8 Å². The summed E-state index contributed by atoms with van der Waals surface area (Å²) in [7, 11) is 0. The van der Waals surface area contributed by atoms with E-state index in [1.165, 1.54) is 0 Å². The molecule has 7 N–H and O–H groups in total. The predicted molar refractivity (Wildman–Crippen MR) is 68.1 cm³/mol. The van der Waals surface area contributed by atoms with Gasteiger partial charge < -0.3 is 45.4 Å². The molecule has 2 rings (SSSR count). The number of aliphatic hydroxyl groups excluding tert-OH is 6. The van der Waals surface area contributed by atoms with Crippen LogP contribution >= 0.6 is 0 Å². The molecule has 2 heterocycles. The molecule has 2 fully saturated rings. The van der Waals surface area contributed by atoms with Gasteiger partial charge in [-0.1, -0.05) is 0 Å². The van der Waals surface area contributed by atoms with Gasteiger partial charge in [-0.2, -0.15) is 0 Å². The minimum Gasteiger partial charge on any atom is -0.396 e. The highest BCUT2D eigenvalue weighted by atomic mass is 16.7. The molecule has 0 aromatic carbocycles. The normalized spacial score (nSPS) is 48.3. The largest absolute Gasteiger partial charge is 0.396 e. The fourth-order valence-corrected chi connectivity index (χ4v) is 2.67. The average Bonchev–Trinajstić information content (AvgIpc) is 2.49. The smallest absolute Gasteiger partial charge is 0.187 e. The van der Waals surface area contributed by atoms with Crippen LogP contribution in [0.5, 0.6) is 0 Å². The zero-order chi connectivity index (χ0) is 15.6. The van der Waals surface area contributed by atoms with E-state index >= 15 is 0 Å². The van der Waals surface area contributed by atoms with Crippen LogP contribution in [-0.2, 0) is 9.47 Å². The monoisotopic (exact) mass is 309 g/mol. The third kappa shape index (κ3) is 3.52. The lowest BCUT2D eigenvalue weighted by atomic mass is 9.94. The summed E-state index contributed by atoms with van der Waals surface area (Å²) in [6.07, 6.45) is -8.61. The number of ether oxygens (including phenoxy) is 2. The summed E-state index contributed by atoms with van der Waals surface area (Å²) in [5.74, 6) is -0.402. The maximum atomic E-state index is 9.93. The number of β-amino-alcohol motifs (C(OH)–C–C–N with tert-alkyl or cyclic N) is 1. The maximum absolute atomic E-state index is 9.93. The molecule has 2 aliphatic rings. The van der Waals surface area contributed by atoms with Crippen molar-refractivity contribution >= 4 is 0 Å². The van der Waals surface area contributed by atoms with Crippen molar-refractivity contribution in [2.24, 2.45) is 5.92 Å². The second-order valence-electron chi connectivity index (χ2n) is 5.47. The number of rotatable bonds is 4. The molecule has 0 amide bonds. The summed E-state index contributed by atoms with van der Waals surface area (Å²) in [6.45, 7) is -0.0939. The van der Waals surface area contributed by atoms with E-state index in [1.54, 1.807) is 0 Å². The average molecular weight is 309 g/mol. The van der Waals surface area contributed by atoms with Crippen LogP contribution in [0.4, 0.5) is 0 Å². The first kappa shape index (κ1) is 17.0. The molecule has 0 spiro atoms. The van der Waals surface area contributed by atoms with E-state index in [2.05, 4.69) is 5.32 Å². The molecule has 2 saturated heterocycles. The third-order valence-electron chi connectivity index (χ3n) is 3.98. The summed E-state index contributed by atoms with van der Waals surface area (Å²) in [5, 5.41) is 60.5. The number of aliphatic hydroxyl groups is 6. The first-order valence-corrected chi connectivity index (χ1v) is 6.95. The lowest BCUT2D eigenvalue weighted by molar-refractivity contribution is -0.323. The van der Waals surface area contributed by atoms with Crippen LogP contribution in [0.15, 0.2) is 0 Å². The van der Waals surface area contributed by atoms with Crippen LogP contribution in [0.2, 0.25) is 0 Å². The molecule has 9 heteroatoms. The highest BCUT2D eigenvalue weighted by molar-refractivity contribution is 4.91. The zero-order valence-corrected chi connectivity index (χ0v) is 11.4. The fraction of sp³-hybridized carbons (Fsp3) is 1.00. The standard InChI is InChI=1S/C12H23NO8/c14-3-5-1-13-2-6(16)11(5)21-12-10(19)9(18)8(17)7(4-15)20-12/h5-19H,1-4H2/t5-,6-,7-,8-,9+,10+,11-,12+/m1/s1. The van der Waals surface area contributed by atoms with Crippen molar-refractivity contribution in [3.05, 3.63) is 0 Å². The molecule has 0 aromatic heterocycles. The van der Waals surface area contributed by atoms with Gasteiger partial charge in [0.25, 0.3) is 0 Å². The molecule has 0 bridgehead atoms. The van der Waals surface area contributed by atoms with Crippen molar-refractivity contribution in [1.82, 2.24) is 5.32 Å². The molecule has 8 atom stereocenters. The summed E-state index contributed by atoms with van der Waals surface area (Å²) in [5.41, 5.74) is 0. The molecule has 21 heavy (non-hydrogen) atoms. The first-order chi connectivity index (χ1) is 9.99. The van der Waals surface area contributed by atoms with Gasteiger partial charge in [0.2, 0.25) is 0 Å². The van der Waals surface area contributed by atoms with E-state index in [0.29, 0.717) is 6.54 Å².